The molecule has 0 atom stereocenters. The van der Waals surface area contributed by atoms with Crippen molar-refractivity contribution in [3.8, 4) is 0 Å². The summed E-state index contributed by atoms with van der Waals surface area (Å²) in [5, 5.41) is 0.813. The lowest BCUT2D eigenvalue weighted by atomic mass is 10.2. The summed E-state index contributed by atoms with van der Waals surface area (Å²) in [6, 6.07) is 5.81. The maximum Gasteiger partial charge on any atom is 0.0449 e. The monoisotopic (exact) mass is 250 g/mol. The molecule has 0 amide bonds. The molecule has 11 heavy (non-hydrogen) atoms. The first-order chi connectivity index (χ1) is 5.25. The molecule has 1 rings (SSSR count). The highest BCUT2D eigenvalue weighted by Crippen LogP contribution is 2.25. The van der Waals surface area contributed by atoms with Crippen molar-refractivity contribution in [2.45, 2.75) is 6.42 Å². The molecule has 1 aromatic rings. The van der Waals surface area contributed by atoms with Crippen LogP contribution in [0.25, 0.3) is 0 Å². The molecule has 0 aliphatic carbocycles. The number of rotatable bonds is 2. The molecule has 1 aromatic carbocycles. The third kappa shape index (κ3) is 2.39. The zero-order valence-electron chi connectivity index (χ0n) is 5.85. The molecule has 0 radical (unpaired) electrons. The molecule has 0 heterocycles. The Kier molecular flexibility index (Phi) is 3.76. The first-order valence-corrected chi connectivity index (χ1v) is 5.10. The second-order valence-electron chi connectivity index (χ2n) is 2.17. The van der Waals surface area contributed by atoms with E-state index in [-0.39, 0.29) is 0 Å². The standard InChI is InChI=1S/C8H8BrClS/c9-7-2-1-3-8(10)6(7)4-5-11/h1-3,11H,4-5H2. The van der Waals surface area contributed by atoms with Gasteiger partial charge in [0.15, 0.2) is 0 Å². The van der Waals surface area contributed by atoms with Crippen LogP contribution in [0.4, 0.5) is 0 Å². The number of halogens is 2. The van der Waals surface area contributed by atoms with Crippen molar-refractivity contribution in [3.05, 3.63) is 33.3 Å². The molecule has 0 saturated carbocycles. The lowest BCUT2D eigenvalue weighted by molar-refractivity contribution is 1.15. The molecule has 0 N–H and O–H groups in total. The Morgan fingerprint density at radius 3 is 2.73 bits per heavy atom. The Balaban J connectivity index is 3.00. The van der Waals surface area contributed by atoms with Gasteiger partial charge >= 0.3 is 0 Å². The van der Waals surface area contributed by atoms with Gasteiger partial charge in [0, 0.05) is 9.50 Å². The molecule has 60 valence electrons. The van der Waals surface area contributed by atoms with Gasteiger partial charge in [-0.05, 0) is 29.9 Å². The predicted octanol–water partition coefficient (Wildman–Crippen LogP) is 3.57. The Labute approximate surface area is 85.5 Å². The largest absolute Gasteiger partial charge is 0.179 e. The Hall–Kier alpha value is 0.340. The van der Waals surface area contributed by atoms with Gasteiger partial charge in [0.1, 0.15) is 0 Å². The molecular formula is C8H8BrClS. The first kappa shape index (κ1) is 9.43. The van der Waals surface area contributed by atoms with Crippen molar-refractivity contribution in [1.29, 1.82) is 0 Å². The maximum absolute atomic E-state index is 5.94. The highest BCUT2D eigenvalue weighted by Gasteiger charge is 2.02. The predicted molar refractivity (Wildman–Crippen MR) is 56.7 cm³/mol. The highest BCUT2D eigenvalue weighted by atomic mass is 79.9. The van der Waals surface area contributed by atoms with Crippen molar-refractivity contribution >= 4 is 40.2 Å². The summed E-state index contributed by atoms with van der Waals surface area (Å²) < 4.78 is 1.07. The Morgan fingerprint density at radius 1 is 1.45 bits per heavy atom. The van der Waals surface area contributed by atoms with Gasteiger partial charge in [-0.2, -0.15) is 12.6 Å². The van der Waals surface area contributed by atoms with Crippen LogP contribution < -0.4 is 0 Å². The number of thiol groups is 1. The van der Waals surface area contributed by atoms with E-state index in [0.29, 0.717) is 0 Å². The minimum atomic E-state index is 0.813. The Morgan fingerprint density at radius 2 is 2.18 bits per heavy atom. The number of benzene rings is 1. The minimum Gasteiger partial charge on any atom is -0.179 e. The van der Waals surface area contributed by atoms with Gasteiger partial charge in [-0.25, -0.2) is 0 Å². The van der Waals surface area contributed by atoms with Gasteiger partial charge in [-0.1, -0.05) is 33.6 Å². The molecule has 0 nitrogen and oxygen atoms in total. The van der Waals surface area contributed by atoms with Crippen molar-refractivity contribution in [2.24, 2.45) is 0 Å². The average molecular weight is 252 g/mol. The molecule has 0 aliphatic rings. The second-order valence-corrected chi connectivity index (χ2v) is 3.88. The van der Waals surface area contributed by atoms with E-state index in [2.05, 4.69) is 28.6 Å². The average Bonchev–Trinajstić information content (AvgIpc) is 1.97. The van der Waals surface area contributed by atoms with Gasteiger partial charge in [0.2, 0.25) is 0 Å². The van der Waals surface area contributed by atoms with E-state index in [9.17, 15) is 0 Å². The van der Waals surface area contributed by atoms with E-state index in [1.807, 2.05) is 18.2 Å². The number of hydrogen-bond acceptors (Lipinski definition) is 1. The molecule has 0 saturated heterocycles. The normalized spacial score (nSPS) is 10.1. The summed E-state index contributed by atoms with van der Waals surface area (Å²) in [5.74, 6) is 0.822. The van der Waals surface area contributed by atoms with Crippen molar-refractivity contribution in [3.63, 3.8) is 0 Å². The fourth-order valence-corrected chi connectivity index (χ4v) is 2.05. The van der Waals surface area contributed by atoms with Crippen LogP contribution in [0.2, 0.25) is 5.02 Å². The van der Waals surface area contributed by atoms with E-state index in [1.54, 1.807) is 0 Å². The highest BCUT2D eigenvalue weighted by molar-refractivity contribution is 9.10. The van der Waals surface area contributed by atoms with Crippen LogP contribution >= 0.6 is 40.2 Å². The summed E-state index contributed by atoms with van der Waals surface area (Å²) in [7, 11) is 0. The summed E-state index contributed by atoms with van der Waals surface area (Å²) in [6.07, 6.45) is 0.906. The van der Waals surface area contributed by atoms with E-state index >= 15 is 0 Å². The molecule has 0 unspecified atom stereocenters. The molecular weight excluding hydrogens is 244 g/mol. The summed E-state index contributed by atoms with van der Waals surface area (Å²) in [6.45, 7) is 0. The fourth-order valence-electron chi connectivity index (χ4n) is 0.883. The van der Waals surface area contributed by atoms with Crippen LogP contribution in [0.5, 0.6) is 0 Å². The maximum atomic E-state index is 5.94. The van der Waals surface area contributed by atoms with E-state index in [4.69, 9.17) is 11.6 Å². The second kappa shape index (κ2) is 4.39. The number of hydrogen-bond donors (Lipinski definition) is 1. The van der Waals surface area contributed by atoms with Crippen molar-refractivity contribution in [2.75, 3.05) is 5.75 Å². The van der Waals surface area contributed by atoms with Gasteiger partial charge in [-0.3, -0.25) is 0 Å². The van der Waals surface area contributed by atoms with Crippen molar-refractivity contribution < 1.29 is 0 Å². The third-order valence-corrected chi connectivity index (χ3v) is 2.74. The van der Waals surface area contributed by atoms with Crippen molar-refractivity contribution in [1.82, 2.24) is 0 Å². The van der Waals surface area contributed by atoms with Crippen LogP contribution in [0.1, 0.15) is 5.56 Å². The lowest BCUT2D eigenvalue weighted by Gasteiger charge is -2.03. The SMILES string of the molecule is SCCc1c(Cl)cccc1Br. The van der Waals surface area contributed by atoms with Crippen LogP contribution in [0, 0.1) is 0 Å². The zero-order valence-corrected chi connectivity index (χ0v) is 9.09. The van der Waals surface area contributed by atoms with Crippen LogP contribution in [0.3, 0.4) is 0 Å². The molecule has 0 spiro atoms. The third-order valence-electron chi connectivity index (χ3n) is 1.42. The minimum absolute atomic E-state index is 0.813. The van der Waals surface area contributed by atoms with Crippen LogP contribution in [-0.2, 0) is 6.42 Å². The van der Waals surface area contributed by atoms with Gasteiger partial charge in [0.25, 0.3) is 0 Å². The summed E-state index contributed by atoms with van der Waals surface area (Å²) >= 11 is 13.5. The topological polar surface area (TPSA) is 0 Å². The Bertz CT molecular complexity index is 230. The van der Waals surface area contributed by atoms with Gasteiger partial charge in [0.05, 0.1) is 0 Å². The quantitative estimate of drug-likeness (QED) is 0.763. The van der Waals surface area contributed by atoms with Gasteiger partial charge in [-0.15, -0.1) is 0 Å². The van der Waals surface area contributed by atoms with E-state index in [1.165, 1.54) is 0 Å². The summed E-state index contributed by atoms with van der Waals surface area (Å²) in [4.78, 5) is 0. The molecule has 0 bridgehead atoms. The zero-order chi connectivity index (χ0) is 8.27. The molecule has 3 heteroatoms. The molecule has 0 aliphatic heterocycles. The van der Waals surface area contributed by atoms with E-state index < -0.39 is 0 Å². The first-order valence-electron chi connectivity index (χ1n) is 3.29. The lowest BCUT2D eigenvalue weighted by Crippen LogP contribution is -1.88. The fraction of sp³-hybridized carbons (Fsp3) is 0.250. The van der Waals surface area contributed by atoms with E-state index in [0.717, 1.165) is 27.2 Å². The molecule has 0 aromatic heterocycles. The van der Waals surface area contributed by atoms with Gasteiger partial charge < -0.3 is 0 Å². The van der Waals surface area contributed by atoms with Crippen LogP contribution in [0.15, 0.2) is 22.7 Å². The molecule has 0 fully saturated rings. The van der Waals surface area contributed by atoms with Crippen LogP contribution in [-0.4, -0.2) is 5.75 Å². The summed E-state index contributed by atoms with van der Waals surface area (Å²) in [5.41, 5.74) is 1.14. The smallest absolute Gasteiger partial charge is 0.0449 e.